The van der Waals surface area contributed by atoms with Gasteiger partial charge >= 0.3 is 0 Å². The Morgan fingerprint density at radius 2 is 1.84 bits per heavy atom. The number of hydrogen-bond acceptors (Lipinski definition) is 2. The Morgan fingerprint density at radius 1 is 1.16 bits per heavy atom. The van der Waals surface area contributed by atoms with Crippen LogP contribution in [0.2, 0.25) is 5.02 Å². The van der Waals surface area contributed by atoms with E-state index in [1.807, 2.05) is 36.0 Å². The molecule has 0 radical (unpaired) electrons. The van der Waals surface area contributed by atoms with Crippen molar-refractivity contribution in [1.82, 2.24) is 15.1 Å². The third kappa shape index (κ3) is 2.82. The lowest BCUT2D eigenvalue weighted by atomic mass is 10.1. The van der Waals surface area contributed by atoms with Crippen LogP contribution in [0, 0.1) is 0 Å². The summed E-state index contributed by atoms with van der Waals surface area (Å²) in [5.41, 5.74) is 4.83. The minimum atomic E-state index is 0.750. The molecule has 1 heterocycles. The Hall–Kier alpha value is -1.32. The van der Waals surface area contributed by atoms with Crippen molar-refractivity contribution >= 4 is 11.6 Å². The summed E-state index contributed by atoms with van der Waals surface area (Å²) < 4.78 is 2.04. The predicted octanol–water partition coefficient (Wildman–Crippen LogP) is 3.37. The highest BCUT2D eigenvalue weighted by molar-refractivity contribution is 6.30. The molecule has 0 spiro atoms. The number of aryl methyl sites for hydroxylation is 1. The number of rotatable bonds is 5. The highest BCUT2D eigenvalue weighted by Gasteiger charge is 2.15. The van der Waals surface area contributed by atoms with Gasteiger partial charge in [0.2, 0.25) is 0 Å². The maximum absolute atomic E-state index is 5.95. The van der Waals surface area contributed by atoms with Crippen molar-refractivity contribution in [3.8, 4) is 5.69 Å². The minimum absolute atomic E-state index is 0.750. The molecule has 0 aliphatic rings. The number of benzene rings is 1. The zero-order chi connectivity index (χ0) is 13.8. The second-order valence-electron chi connectivity index (χ2n) is 4.50. The number of hydrogen-bond donors (Lipinski definition) is 1. The van der Waals surface area contributed by atoms with E-state index in [1.165, 1.54) is 17.0 Å². The van der Waals surface area contributed by atoms with Gasteiger partial charge in [0.15, 0.2) is 0 Å². The molecule has 4 heteroatoms. The van der Waals surface area contributed by atoms with E-state index in [4.69, 9.17) is 16.7 Å². The van der Waals surface area contributed by atoms with E-state index in [2.05, 4.69) is 19.2 Å². The molecule has 19 heavy (non-hydrogen) atoms. The number of nitrogens with one attached hydrogen (secondary N) is 1. The van der Waals surface area contributed by atoms with Crippen LogP contribution in [-0.2, 0) is 19.4 Å². The van der Waals surface area contributed by atoms with Gasteiger partial charge in [-0.1, -0.05) is 25.4 Å². The van der Waals surface area contributed by atoms with E-state index in [0.717, 1.165) is 30.1 Å². The molecular weight excluding hydrogens is 258 g/mol. The summed E-state index contributed by atoms with van der Waals surface area (Å²) >= 11 is 5.95. The summed E-state index contributed by atoms with van der Waals surface area (Å²) in [4.78, 5) is 0. The Bertz CT molecular complexity index is 543. The van der Waals surface area contributed by atoms with Gasteiger partial charge in [-0.25, -0.2) is 4.68 Å². The zero-order valence-corrected chi connectivity index (χ0v) is 12.5. The lowest BCUT2D eigenvalue weighted by molar-refractivity contribution is 0.779. The van der Waals surface area contributed by atoms with Gasteiger partial charge in [-0.3, -0.25) is 0 Å². The fourth-order valence-corrected chi connectivity index (χ4v) is 2.49. The molecule has 1 aromatic heterocycles. The predicted molar refractivity (Wildman–Crippen MR) is 80.1 cm³/mol. The number of halogens is 1. The molecule has 0 bridgehead atoms. The monoisotopic (exact) mass is 277 g/mol. The van der Waals surface area contributed by atoms with E-state index in [0.29, 0.717) is 0 Å². The zero-order valence-electron chi connectivity index (χ0n) is 11.7. The summed E-state index contributed by atoms with van der Waals surface area (Å²) in [5.74, 6) is 0. The van der Waals surface area contributed by atoms with Crippen molar-refractivity contribution in [2.45, 2.75) is 33.2 Å². The van der Waals surface area contributed by atoms with Crippen molar-refractivity contribution in [2.75, 3.05) is 7.05 Å². The highest BCUT2D eigenvalue weighted by atomic mass is 35.5. The van der Waals surface area contributed by atoms with Crippen molar-refractivity contribution in [2.24, 2.45) is 0 Å². The lowest BCUT2D eigenvalue weighted by Gasteiger charge is -2.08. The topological polar surface area (TPSA) is 29.9 Å². The summed E-state index contributed by atoms with van der Waals surface area (Å²) in [6.45, 7) is 5.18. The quantitative estimate of drug-likeness (QED) is 0.908. The summed E-state index contributed by atoms with van der Waals surface area (Å²) in [7, 11) is 1.97. The molecule has 0 unspecified atom stereocenters. The smallest absolute Gasteiger partial charge is 0.0674 e. The minimum Gasteiger partial charge on any atom is -0.316 e. The van der Waals surface area contributed by atoms with Crippen molar-refractivity contribution in [1.29, 1.82) is 0 Å². The molecule has 3 nitrogen and oxygen atoms in total. The first-order valence-corrected chi connectivity index (χ1v) is 7.09. The first-order valence-electron chi connectivity index (χ1n) is 6.71. The van der Waals surface area contributed by atoms with Crippen LogP contribution in [0.5, 0.6) is 0 Å². The van der Waals surface area contributed by atoms with Gasteiger partial charge in [-0.2, -0.15) is 5.10 Å². The van der Waals surface area contributed by atoms with Crippen LogP contribution in [0.3, 0.4) is 0 Å². The summed E-state index contributed by atoms with van der Waals surface area (Å²) in [6.07, 6.45) is 1.91. The van der Waals surface area contributed by atoms with E-state index < -0.39 is 0 Å². The van der Waals surface area contributed by atoms with Crippen molar-refractivity contribution in [3.63, 3.8) is 0 Å². The standard InChI is InChI=1S/C15H20ClN3/c1-4-14-13(10-17-3)15(5-2)19(18-14)12-8-6-11(16)7-9-12/h6-9,17H,4-5,10H2,1-3H3. The average Bonchev–Trinajstić information content (AvgIpc) is 2.78. The number of nitrogens with zero attached hydrogens (tertiary/aromatic N) is 2. The van der Waals surface area contributed by atoms with Gasteiger partial charge in [-0.05, 0) is 44.2 Å². The number of aromatic nitrogens is 2. The van der Waals surface area contributed by atoms with Crippen LogP contribution < -0.4 is 5.32 Å². The van der Waals surface area contributed by atoms with Gasteiger partial charge in [0.05, 0.1) is 11.4 Å². The molecule has 1 aromatic carbocycles. The van der Waals surface area contributed by atoms with Crippen LogP contribution in [0.25, 0.3) is 5.69 Å². The molecule has 0 saturated carbocycles. The van der Waals surface area contributed by atoms with Crippen molar-refractivity contribution in [3.05, 3.63) is 46.2 Å². The van der Waals surface area contributed by atoms with E-state index in [9.17, 15) is 0 Å². The van der Waals surface area contributed by atoms with Gasteiger partial charge in [0.1, 0.15) is 0 Å². The highest BCUT2D eigenvalue weighted by Crippen LogP contribution is 2.21. The lowest BCUT2D eigenvalue weighted by Crippen LogP contribution is -2.09. The molecule has 0 saturated heterocycles. The van der Waals surface area contributed by atoms with Gasteiger partial charge < -0.3 is 5.32 Å². The molecule has 2 aromatic rings. The first-order chi connectivity index (χ1) is 9.21. The van der Waals surface area contributed by atoms with E-state index in [1.54, 1.807) is 0 Å². The summed E-state index contributed by atoms with van der Waals surface area (Å²) in [6, 6.07) is 7.83. The Morgan fingerprint density at radius 3 is 2.37 bits per heavy atom. The third-order valence-electron chi connectivity index (χ3n) is 3.27. The van der Waals surface area contributed by atoms with Gasteiger partial charge in [0.25, 0.3) is 0 Å². The van der Waals surface area contributed by atoms with Crippen molar-refractivity contribution < 1.29 is 0 Å². The van der Waals surface area contributed by atoms with E-state index >= 15 is 0 Å². The third-order valence-corrected chi connectivity index (χ3v) is 3.52. The Balaban J connectivity index is 2.53. The second kappa shape index (κ2) is 6.22. The fourth-order valence-electron chi connectivity index (χ4n) is 2.36. The molecule has 0 fully saturated rings. The van der Waals surface area contributed by atoms with Crippen LogP contribution in [0.15, 0.2) is 24.3 Å². The Labute approximate surface area is 119 Å². The normalized spacial score (nSPS) is 10.9. The SMILES string of the molecule is CCc1nn(-c2ccc(Cl)cc2)c(CC)c1CNC. The van der Waals surface area contributed by atoms with E-state index in [-0.39, 0.29) is 0 Å². The maximum atomic E-state index is 5.95. The molecule has 0 amide bonds. The molecule has 2 rings (SSSR count). The largest absolute Gasteiger partial charge is 0.316 e. The molecule has 1 N–H and O–H groups in total. The maximum Gasteiger partial charge on any atom is 0.0674 e. The summed E-state index contributed by atoms with van der Waals surface area (Å²) in [5, 5.41) is 8.73. The van der Waals surface area contributed by atoms with Crippen LogP contribution >= 0.6 is 11.6 Å². The molecule has 102 valence electrons. The average molecular weight is 278 g/mol. The van der Waals surface area contributed by atoms with Crippen LogP contribution in [-0.4, -0.2) is 16.8 Å². The molecule has 0 aliphatic heterocycles. The Kier molecular flexibility index (Phi) is 4.61. The van der Waals surface area contributed by atoms with Crippen LogP contribution in [0.1, 0.15) is 30.8 Å². The second-order valence-corrected chi connectivity index (χ2v) is 4.93. The fraction of sp³-hybridized carbons (Fsp3) is 0.400. The first kappa shape index (κ1) is 14.1. The van der Waals surface area contributed by atoms with Gasteiger partial charge in [-0.15, -0.1) is 0 Å². The molecule has 0 atom stereocenters. The molecular formula is C15H20ClN3. The van der Waals surface area contributed by atoms with Gasteiger partial charge in [0, 0.05) is 22.8 Å². The van der Waals surface area contributed by atoms with Crippen LogP contribution in [0.4, 0.5) is 0 Å². The molecule has 0 aliphatic carbocycles.